The predicted molar refractivity (Wildman–Crippen MR) is 158 cm³/mol. The molecule has 1 aromatic heterocycles. The Bertz CT molecular complexity index is 1730. The molecule has 1 aliphatic heterocycles. The molecule has 0 spiro atoms. The van der Waals surface area contributed by atoms with Gasteiger partial charge in [0.2, 0.25) is 0 Å². The van der Waals surface area contributed by atoms with Crippen LogP contribution in [0.25, 0.3) is 23.0 Å². The van der Waals surface area contributed by atoms with E-state index in [1.807, 2.05) is 80.7 Å². The van der Waals surface area contributed by atoms with E-state index < -0.39 is 11.8 Å². The molecule has 0 saturated carbocycles. The molecule has 2 heterocycles. The maximum atomic E-state index is 13.8. The zero-order chi connectivity index (χ0) is 29.1. The minimum absolute atomic E-state index is 0.0382. The molecular weight excluding hydrogens is 536 g/mol. The molecule has 4 aromatic rings. The minimum atomic E-state index is -0.645. The molecule has 8 heteroatoms. The van der Waals surface area contributed by atoms with Gasteiger partial charge in [-0.15, -0.1) is 0 Å². The van der Waals surface area contributed by atoms with Crippen molar-refractivity contribution in [1.29, 1.82) is 5.26 Å². The Labute approximate surface area is 243 Å². The van der Waals surface area contributed by atoms with Crippen molar-refractivity contribution in [2.75, 3.05) is 0 Å². The summed E-state index contributed by atoms with van der Waals surface area (Å²) < 4.78 is 7.54. The highest BCUT2D eigenvalue weighted by atomic mass is 35.5. The molecule has 5 rings (SSSR count). The van der Waals surface area contributed by atoms with Gasteiger partial charge in [-0.3, -0.25) is 14.5 Å². The number of aromatic nitrogens is 2. The van der Waals surface area contributed by atoms with Crippen molar-refractivity contribution >= 4 is 29.5 Å². The molecule has 0 radical (unpaired) electrons. The predicted octanol–water partition coefficient (Wildman–Crippen LogP) is 6.77. The zero-order valence-corrected chi connectivity index (χ0v) is 23.6. The molecule has 0 aliphatic carbocycles. The summed E-state index contributed by atoms with van der Waals surface area (Å²) >= 11 is 6.33. The van der Waals surface area contributed by atoms with Crippen LogP contribution in [0.4, 0.5) is 0 Å². The van der Waals surface area contributed by atoms with Gasteiger partial charge in [0.1, 0.15) is 17.4 Å². The number of para-hydroxylation sites is 1. The summed E-state index contributed by atoms with van der Waals surface area (Å²) in [5, 5.41) is 15.1. The Kier molecular flexibility index (Phi) is 7.86. The molecule has 3 aromatic carbocycles. The Morgan fingerprint density at radius 1 is 0.976 bits per heavy atom. The second-order valence-corrected chi connectivity index (χ2v) is 10.3. The van der Waals surface area contributed by atoms with Crippen LogP contribution in [0.2, 0.25) is 5.02 Å². The first-order chi connectivity index (χ1) is 19.8. The van der Waals surface area contributed by atoms with Gasteiger partial charge in [-0.05, 0) is 80.4 Å². The second-order valence-electron chi connectivity index (χ2n) is 9.86. The lowest BCUT2D eigenvalue weighted by atomic mass is 9.93. The van der Waals surface area contributed by atoms with Crippen LogP contribution in [-0.2, 0) is 16.1 Å². The summed E-state index contributed by atoms with van der Waals surface area (Å²) in [6.45, 7) is 5.49. The van der Waals surface area contributed by atoms with E-state index in [0.29, 0.717) is 27.4 Å². The summed E-state index contributed by atoms with van der Waals surface area (Å²) in [5.74, 6) is -0.418. The fourth-order valence-electron chi connectivity index (χ4n) is 4.62. The Hall–Kier alpha value is -4.93. The van der Waals surface area contributed by atoms with Crippen molar-refractivity contribution in [1.82, 2.24) is 14.7 Å². The number of amides is 2. The molecule has 0 bridgehead atoms. The maximum Gasteiger partial charge on any atom is 0.271 e. The lowest BCUT2D eigenvalue weighted by molar-refractivity contribution is -0.141. The average Bonchev–Trinajstić information content (AvgIpc) is 3.39. The van der Waals surface area contributed by atoms with Gasteiger partial charge in [0.15, 0.2) is 0 Å². The largest absolute Gasteiger partial charge is 0.491 e. The van der Waals surface area contributed by atoms with Gasteiger partial charge in [0.25, 0.3) is 11.8 Å². The van der Waals surface area contributed by atoms with Crippen molar-refractivity contribution in [3.05, 3.63) is 118 Å². The topological polar surface area (TPSA) is 88.2 Å². The van der Waals surface area contributed by atoms with Gasteiger partial charge >= 0.3 is 0 Å². The number of ether oxygens (including phenoxy) is 1. The first-order valence-corrected chi connectivity index (χ1v) is 13.5. The van der Waals surface area contributed by atoms with Crippen LogP contribution in [0.15, 0.2) is 102 Å². The van der Waals surface area contributed by atoms with Gasteiger partial charge in [0, 0.05) is 27.9 Å². The summed E-state index contributed by atoms with van der Waals surface area (Å²) in [7, 11) is 0. The van der Waals surface area contributed by atoms with Crippen molar-refractivity contribution in [3.8, 4) is 28.8 Å². The Morgan fingerprint density at radius 3 is 2.32 bits per heavy atom. The molecule has 2 amide bonds. The van der Waals surface area contributed by atoms with E-state index in [2.05, 4.69) is 0 Å². The van der Waals surface area contributed by atoms with Crippen LogP contribution in [0.1, 0.15) is 31.9 Å². The fraction of sp³-hybridized carbons (Fsp3) is 0.152. The van der Waals surface area contributed by atoms with E-state index in [0.717, 1.165) is 21.9 Å². The van der Waals surface area contributed by atoms with Crippen molar-refractivity contribution in [3.63, 3.8) is 0 Å². The van der Waals surface area contributed by atoms with Crippen molar-refractivity contribution in [2.24, 2.45) is 0 Å². The average molecular weight is 563 g/mol. The van der Waals surface area contributed by atoms with E-state index >= 15 is 0 Å². The molecule has 1 aliphatic rings. The number of nitriles is 1. The number of halogens is 1. The molecular formula is C33H27ClN4O3. The lowest BCUT2D eigenvalue weighted by Gasteiger charge is -2.27. The zero-order valence-electron chi connectivity index (χ0n) is 22.8. The molecule has 41 heavy (non-hydrogen) atoms. The van der Waals surface area contributed by atoms with Crippen LogP contribution < -0.4 is 4.74 Å². The SMILES string of the molecule is CC1=C(C#N)C(=O)N(Cc2ccccc2Cl)C(=O)/C1=C/c1cn(-c2ccccc2)nc1-c1ccc(OC(C)C)cc1. The van der Waals surface area contributed by atoms with Crippen LogP contribution >= 0.6 is 11.6 Å². The Morgan fingerprint density at radius 2 is 1.66 bits per heavy atom. The second kappa shape index (κ2) is 11.7. The van der Waals surface area contributed by atoms with E-state index in [4.69, 9.17) is 21.4 Å². The van der Waals surface area contributed by atoms with Gasteiger partial charge in [-0.25, -0.2) is 4.68 Å². The van der Waals surface area contributed by atoms with Gasteiger partial charge in [0.05, 0.1) is 24.0 Å². The molecule has 7 nitrogen and oxygen atoms in total. The number of carbonyl (C=O) groups excluding carboxylic acids is 2. The fourth-order valence-corrected chi connectivity index (χ4v) is 4.82. The number of carbonyl (C=O) groups is 2. The minimum Gasteiger partial charge on any atom is -0.491 e. The lowest BCUT2D eigenvalue weighted by Crippen LogP contribution is -2.42. The van der Waals surface area contributed by atoms with Crippen LogP contribution in [0.3, 0.4) is 0 Å². The van der Waals surface area contributed by atoms with Crippen molar-refractivity contribution < 1.29 is 14.3 Å². The number of imide groups is 1. The highest BCUT2D eigenvalue weighted by Gasteiger charge is 2.36. The molecule has 0 N–H and O–H groups in total. The summed E-state index contributed by atoms with van der Waals surface area (Å²) in [6.07, 6.45) is 3.56. The van der Waals surface area contributed by atoms with Gasteiger partial charge < -0.3 is 4.74 Å². The van der Waals surface area contributed by atoms with E-state index in [-0.39, 0.29) is 23.8 Å². The van der Waals surface area contributed by atoms with E-state index in [9.17, 15) is 14.9 Å². The number of nitrogens with zero attached hydrogens (tertiary/aromatic N) is 4. The number of benzene rings is 3. The summed E-state index contributed by atoms with van der Waals surface area (Å²) in [5.41, 5.74) is 4.01. The van der Waals surface area contributed by atoms with Gasteiger partial charge in [-0.1, -0.05) is 48.0 Å². The van der Waals surface area contributed by atoms with Crippen LogP contribution in [0.5, 0.6) is 5.75 Å². The number of rotatable bonds is 7. The molecule has 204 valence electrons. The monoisotopic (exact) mass is 562 g/mol. The molecule has 0 fully saturated rings. The number of hydrogen-bond donors (Lipinski definition) is 0. The number of hydrogen-bond acceptors (Lipinski definition) is 5. The molecule has 0 atom stereocenters. The Balaban J connectivity index is 1.63. The molecule has 0 unspecified atom stereocenters. The maximum absolute atomic E-state index is 13.8. The summed E-state index contributed by atoms with van der Waals surface area (Å²) in [6, 6.07) is 26.2. The quantitative estimate of drug-likeness (QED) is 0.183. The highest BCUT2D eigenvalue weighted by molar-refractivity contribution is 6.31. The smallest absolute Gasteiger partial charge is 0.271 e. The normalized spacial score (nSPS) is 14.6. The third-order valence-corrected chi connectivity index (χ3v) is 7.04. The third-order valence-electron chi connectivity index (χ3n) is 6.67. The van der Waals surface area contributed by atoms with Crippen LogP contribution in [0, 0.1) is 11.3 Å². The standard InChI is InChI=1S/C33H27ClN4O3/c1-21(2)41-27-15-13-23(14-16-27)31-25(20-38(36-31)26-10-5-4-6-11-26)17-28-22(3)29(18-35)33(40)37(32(28)39)19-24-9-7-8-12-30(24)34/h4-17,20-21H,19H2,1-3H3/b28-17+. The van der Waals surface area contributed by atoms with Crippen LogP contribution in [-0.4, -0.2) is 32.6 Å². The highest BCUT2D eigenvalue weighted by Crippen LogP contribution is 2.33. The van der Waals surface area contributed by atoms with E-state index in [1.54, 1.807) is 41.9 Å². The van der Waals surface area contributed by atoms with Crippen molar-refractivity contribution in [2.45, 2.75) is 33.4 Å². The van der Waals surface area contributed by atoms with Gasteiger partial charge in [-0.2, -0.15) is 10.4 Å². The molecule has 0 saturated heterocycles. The first-order valence-electron chi connectivity index (χ1n) is 13.1. The first kappa shape index (κ1) is 27.6. The third kappa shape index (κ3) is 5.69. The summed E-state index contributed by atoms with van der Waals surface area (Å²) in [4.78, 5) is 28.1. The van der Waals surface area contributed by atoms with E-state index in [1.165, 1.54) is 0 Å².